The summed E-state index contributed by atoms with van der Waals surface area (Å²) in [5, 5.41) is 0.190. The van der Waals surface area contributed by atoms with Crippen LogP contribution in [0.15, 0.2) is 18.3 Å². The van der Waals surface area contributed by atoms with Crippen LogP contribution in [0.4, 0.5) is 19.0 Å². The molecule has 9 heteroatoms. The van der Waals surface area contributed by atoms with E-state index in [0.717, 1.165) is 12.8 Å². The number of rotatable bonds is 3. The Morgan fingerprint density at radius 2 is 1.88 bits per heavy atom. The normalized spacial score (nSPS) is 15.0. The van der Waals surface area contributed by atoms with E-state index in [1.54, 1.807) is 0 Å². The van der Waals surface area contributed by atoms with Gasteiger partial charge in [-0.3, -0.25) is 0 Å². The molecule has 0 aromatic carbocycles. The molecule has 1 aliphatic heterocycles. The number of hydrogen-bond donors (Lipinski definition) is 0. The second-order valence-electron chi connectivity index (χ2n) is 5.33. The fourth-order valence-corrected chi connectivity index (χ4v) is 2.74. The van der Waals surface area contributed by atoms with Crippen LogP contribution in [0.25, 0.3) is 11.3 Å². The standard InChI is InChI=1S/C15H14ClF3N4O/c1-24-13-6-9(10(16)8-20-13)11-7-12(23-4-2-3-5-23)22-14(21-11)15(17,18)19/h6-8H,2-5H2,1H3. The molecule has 0 radical (unpaired) electrons. The highest BCUT2D eigenvalue weighted by molar-refractivity contribution is 6.33. The van der Waals surface area contributed by atoms with Crippen molar-refractivity contribution in [1.29, 1.82) is 0 Å². The SMILES string of the molecule is COc1cc(-c2cc(N3CCCC3)nc(C(F)(F)F)n2)c(Cl)cn1. The van der Waals surface area contributed by atoms with E-state index < -0.39 is 12.0 Å². The Kier molecular flexibility index (Phi) is 4.49. The largest absolute Gasteiger partial charge is 0.481 e. The van der Waals surface area contributed by atoms with Crippen LogP contribution in [-0.4, -0.2) is 35.2 Å². The smallest absolute Gasteiger partial charge is 0.451 e. The van der Waals surface area contributed by atoms with E-state index in [1.165, 1.54) is 25.4 Å². The third-order valence-corrected chi connectivity index (χ3v) is 4.01. The molecule has 0 bridgehead atoms. The summed E-state index contributed by atoms with van der Waals surface area (Å²) in [6, 6.07) is 2.97. The molecule has 0 spiro atoms. The van der Waals surface area contributed by atoms with Crippen LogP contribution < -0.4 is 9.64 Å². The van der Waals surface area contributed by atoms with E-state index in [4.69, 9.17) is 16.3 Å². The Morgan fingerprint density at radius 1 is 1.17 bits per heavy atom. The van der Waals surface area contributed by atoms with Gasteiger partial charge in [-0.2, -0.15) is 13.2 Å². The molecule has 0 atom stereocenters. The van der Waals surface area contributed by atoms with Gasteiger partial charge in [0.2, 0.25) is 11.7 Å². The number of hydrogen-bond acceptors (Lipinski definition) is 5. The predicted octanol–water partition coefficient (Wildman–Crippen LogP) is 3.82. The van der Waals surface area contributed by atoms with E-state index in [1.807, 2.05) is 4.90 Å². The van der Waals surface area contributed by atoms with Crippen LogP contribution in [0, 0.1) is 0 Å². The van der Waals surface area contributed by atoms with E-state index in [-0.39, 0.29) is 22.4 Å². The zero-order valence-corrected chi connectivity index (χ0v) is 13.5. The summed E-state index contributed by atoms with van der Waals surface area (Å²) in [5.74, 6) is -0.699. The molecule has 2 aromatic heterocycles. The van der Waals surface area contributed by atoms with Crippen molar-refractivity contribution in [3.8, 4) is 17.1 Å². The molecule has 2 aromatic rings. The van der Waals surface area contributed by atoms with Crippen LogP contribution in [0.2, 0.25) is 5.02 Å². The van der Waals surface area contributed by atoms with E-state index in [2.05, 4.69) is 15.0 Å². The third kappa shape index (κ3) is 3.38. The number of pyridine rings is 1. The van der Waals surface area contributed by atoms with Crippen molar-refractivity contribution in [3.05, 3.63) is 29.2 Å². The Labute approximate surface area is 141 Å². The number of anilines is 1. The number of methoxy groups -OCH3 is 1. The van der Waals surface area contributed by atoms with Gasteiger partial charge >= 0.3 is 6.18 Å². The predicted molar refractivity (Wildman–Crippen MR) is 83.3 cm³/mol. The minimum absolute atomic E-state index is 0.0879. The molecule has 1 fully saturated rings. The van der Waals surface area contributed by atoms with Crippen LogP contribution >= 0.6 is 11.6 Å². The Bertz CT molecular complexity index is 748. The Hall–Kier alpha value is -2.09. The molecule has 5 nitrogen and oxygen atoms in total. The van der Waals surface area contributed by atoms with E-state index >= 15 is 0 Å². The maximum atomic E-state index is 13.2. The first-order chi connectivity index (χ1) is 11.4. The highest BCUT2D eigenvalue weighted by Crippen LogP contribution is 2.34. The summed E-state index contributed by atoms with van der Waals surface area (Å²) in [4.78, 5) is 13.1. The van der Waals surface area contributed by atoms with Gasteiger partial charge in [0, 0.05) is 30.8 Å². The fourth-order valence-electron chi connectivity index (χ4n) is 2.53. The van der Waals surface area contributed by atoms with E-state index in [0.29, 0.717) is 18.7 Å². The monoisotopic (exact) mass is 358 g/mol. The van der Waals surface area contributed by atoms with E-state index in [9.17, 15) is 13.2 Å². The molecule has 0 amide bonds. The van der Waals surface area contributed by atoms with Gasteiger partial charge in [-0.05, 0) is 12.8 Å². The lowest BCUT2D eigenvalue weighted by Crippen LogP contribution is -2.22. The lowest BCUT2D eigenvalue weighted by atomic mass is 10.2. The quantitative estimate of drug-likeness (QED) is 0.835. The first kappa shape index (κ1) is 16.8. The van der Waals surface area contributed by atoms with Gasteiger partial charge in [-0.25, -0.2) is 15.0 Å². The second-order valence-corrected chi connectivity index (χ2v) is 5.74. The number of ether oxygens (including phenoxy) is 1. The van der Waals surface area contributed by atoms with Crippen molar-refractivity contribution < 1.29 is 17.9 Å². The average Bonchev–Trinajstić information content (AvgIpc) is 3.08. The number of halogens is 4. The van der Waals surface area contributed by atoms with Crippen molar-refractivity contribution in [3.63, 3.8) is 0 Å². The summed E-state index contributed by atoms with van der Waals surface area (Å²) in [6.45, 7) is 1.34. The lowest BCUT2D eigenvalue weighted by Gasteiger charge is -2.19. The molecule has 0 N–H and O–H groups in total. The van der Waals surface area contributed by atoms with Gasteiger partial charge in [0.05, 0.1) is 24.0 Å². The minimum atomic E-state index is -4.64. The molecule has 0 unspecified atom stereocenters. The highest BCUT2D eigenvalue weighted by Gasteiger charge is 2.36. The second kappa shape index (κ2) is 6.43. The highest BCUT2D eigenvalue weighted by atomic mass is 35.5. The fraction of sp³-hybridized carbons (Fsp3) is 0.400. The van der Waals surface area contributed by atoms with Gasteiger partial charge in [0.15, 0.2) is 0 Å². The summed E-state index contributed by atoms with van der Waals surface area (Å²) in [7, 11) is 1.41. The molecule has 3 rings (SSSR count). The summed E-state index contributed by atoms with van der Waals surface area (Å²) in [6.07, 6.45) is -1.48. The molecule has 128 valence electrons. The Balaban J connectivity index is 2.14. The third-order valence-electron chi connectivity index (χ3n) is 3.71. The minimum Gasteiger partial charge on any atom is -0.481 e. The molecule has 1 aliphatic rings. The zero-order chi connectivity index (χ0) is 17.3. The molecular weight excluding hydrogens is 345 g/mol. The van der Waals surface area contributed by atoms with Crippen molar-refractivity contribution in [1.82, 2.24) is 15.0 Å². The van der Waals surface area contributed by atoms with Crippen LogP contribution in [0.5, 0.6) is 5.88 Å². The topological polar surface area (TPSA) is 51.1 Å². The lowest BCUT2D eigenvalue weighted by molar-refractivity contribution is -0.144. The van der Waals surface area contributed by atoms with Crippen molar-refractivity contribution in [2.45, 2.75) is 19.0 Å². The van der Waals surface area contributed by atoms with Crippen LogP contribution in [-0.2, 0) is 6.18 Å². The van der Waals surface area contributed by atoms with Crippen molar-refractivity contribution >= 4 is 17.4 Å². The molecule has 24 heavy (non-hydrogen) atoms. The van der Waals surface area contributed by atoms with Gasteiger partial charge in [0.1, 0.15) is 5.82 Å². The van der Waals surface area contributed by atoms with Gasteiger partial charge in [-0.15, -0.1) is 0 Å². The molecular formula is C15H14ClF3N4O. The molecule has 0 saturated carbocycles. The van der Waals surface area contributed by atoms with Crippen LogP contribution in [0.3, 0.4) is 0 Å². The number of aromatic nitrogens is 3. The first-order valence-corrected chi connectivity index (χ1v) is 7.67. The molecule has 1 saturated heterocycles. The zero-order valence-electron chi connectivity index (χ0n) is 12.8. The number of alkyl halides is 3. The maximum Gasteiger partial charge on any atom is 0.451 e. The molecule has 0 aliphatic carbocycles. The first-order valence-electron chi connectivity index (χ1n) is 7.29. The average molecular weight is 359 g/mol. The maximum absolute atomic E-state index is 13.2. The van der Waals surface area contributed by atoms with Gasteiger partial charge in [0.25, 0.3) is 0 Å². The van der Waals surface area contributed by atoms with Crippen molar-refractivity contribution in [2.75, 3.05) is 25.1 Å². The van der Waals surface area contributed by atoms with Crippen LogP contribution in [0.1, 0.15) is 18.7 Å². The summed E-state index contributed by atoms with van der Waals surface area (Å²) >= 11 is 6.09. The van der Waals surface area contributed by atoms with Gasteiger partial charge in [-0.1, -0.05) is 11.6 Å². The molecule has 3 heterocycles. The summed E-state index contributed by atoms with van der Waals surface area (Å²) < 4.78 is 44.6. The Morgan fingerprint density at radius 3 is 2.50 bits per heavy atom. The summed E-state index contributed by atoms with van der Waals surface area (Å²) in [5.41, 5.74) is 0.404. The number of nitrogens with zero attached hydrogens (tertiary/aromatic N) is 4. The van der Waals surface area contributed by atoms with Gasteiger partial charge < -0.3 is 9.64 Å². The van der Waals surface area contributed by atoms with Crippen molar-refractivity contribution in [2.24, 2.45) is 0 Å².